The molecule has 2 aromatic heterocycles. The summed E-state index contributed by atoms with van der Waals surface area (Å²) in [5.74, 6) is 0.661. The number of sulfonamides is 1. The van der Waals surface area contributed by atoms with Crippen LogP contribution in [0.2, 0.25) is 0 Å². The largest absolute Gasteiger partial charge is 0.496 e. The second-order valence-corrected chi connectivity index (χ2v) is 8.26. The monoisotopic (exact) mass is 389 g/mol. The van der Waals surface area contributed by atoms with Gasteiger partial charge in [0.1, 0.15) is 10.8 Å². The van der Waals surface area contributed by atoms with E-state index in [-0.39, 0.29) is 11.4 Å². The van der Waals surface area contributed by atoms with Gasteiger partial charge >= 0.3 is 0 Å². The molecule has 0 fully saturated rings. The predicted octanol–water partition coefficient (Wildman–Crippen LogP) is 3.04. The standard InChI is InChI=1S/C18H19N3O3S2/c1-13-11-15(6-7-17(13)24-2)26(22,23)20-10-8-14-12-25-18(21-14)16-5-3-4-9-19-16/h3-7,9,11-12,20H,8,10H2,1-2H3. The van der Waals surface area contributed by atoms with E-state index < -0.39 is 10.0 Å². The molecule has 6 nitrogen and oxygen atoms in total. The topological polar surface area (TPSA) is 81.2 Å². The highest BCUT2D eigenvalue weighted by molar-refractivity contribution is 7.89. The van der Waals surface area contributed by atoms with E-state index in [9.17, 15) is 8.42 Å². The van der Waals surface area contributed by atoms with E-state index in [1.807, 2.05) is 30.5 Å². The van der Waals surface area contributed by atoms with Crippen molar-refractivity contribution in [2.24, 2.45) is 0 Å². The number of aromatic nitrogens is 2. The molecule has 0 aliphatic rings. The lowest BCUT2D eigenvalue weighted by atomic mass is 10.2. The number of aryl methyl sites for hydroxylation is 1. The molecule has 0 saturated heterocycles. The summed E-state index contributed by atoms with van der Waals surface area (Å²) in [6, 6.07) is 10.5. The van der Waals surface area contributed by atoms with Crippen molar-refractivity contribution in [2.75, 3.05) is 13.7 Å². The minimum Gasteiger partial charge on any atom is -0.496 e. The Morgan fingerprint density at radius 1 is 1.23 bits per heavy atom. The number of pyridine rings is 1. The quantitative estimate of drug-likeness (QED) is 0.672. The molecular weight excluding hydrogens is 370 g/mol. The number of thiazole rings is 1. The molecule has 0 amide bonds. The number of hydrogen-bond donors (Lipinski definition) is 1. The Balaban J connectivity index is 1.62. The van der Waals surface area contributed by atoms with Gasteiger partial charge in [-0.1, -0.05) is 6.07 Å². The fourth-order valence-corrected chi connectivity index (χ4v) is 4.39. The maximum absolute atomic E-state index is 12.4. The van der Waals surface area contributed by atoms with Gasteiger partial charge in [-0.05, 0) is 42.8 Å². The van der Waals surface area contributed by atoms with Crippen molar-refractivity contribution >= 4 is 21.4 Å². The SMILES string of the molecule is COc1ccc(S(=O)(=O)NCCc2csc(-c3ccccn3)n2)cc1C. The second-order valence-electron chi connectivity index (χ2n) is 5.64. The molecule has 0 atom stereocenters. The van der Waals surface area contributed by atoms with Crippen LogP contribution in [0.25, 0.3) is 10.7 Å². The summed E-state index contributed by atoms with van der Waals surface area (Å²) in [7, 11) is -2.01. The van der Waals surface area contributed by atoms with Crippen molar-refractivity contribution in [3.63, 3.8) is 0 Å². The normalized spacial score (nSPS) is 11.5. The average Bonchev–Trinajstić information content (AvgIpc) is 3.11. The van der Waals surface area contributed by atoms with Gasteiger partial charge in [0, 0.05) is 24.5 Å². The molecule has 0 radical (unpaired) electrons. The Morgan fingerprint density at radius 2 is 2.08 bits per heavy atom. The van der Waals surface area contributed by atoms with Crippen molar-refractivity contribution < 1.29 is 13.2 Å². The van der Waals surface area contributed by atoms with Gasteiger partial charge in [-0.15, -0.1) is 11.3 Å². The Kier molecular flexibility index (Phi) is 5.65. The van der Waals surface area contributed by atoms with Gasteiger partial charge in [0.05, 0.1) is 23.4 Å². The molecule has 1 aromatic carbocycles. The lowest BCUT2D eigenvalue weighted by molar-refractivity contribution is 0.411. The molecule has 1 N–H and O–H groups in total. The van der Waals surface area contributed by atoms with Crippen molar-refractivity contribution in [1.29, 1.82) is 0 Å². The smallest absolute Gasteiger partial charge is 0.240 e. The number of rotatable bonds is 7. The summed E-state index contributed by atoms with van der Waals surface area (Å²) in [6.45, 7) is 2.09. The fraction of sp³-hybridized carbons (Fsp3) is 0.222. The van der Waals surface area contributed by atoms with Crippen LogP contribution in [0.15, 0.2) is 52.9 Å². The van der Waals surface area contributed by atoms with E-state index in [4.69, 9.17) is 4.74 Å². The van der Waals surface area contributed by atoms with E-state index in [2.05, 4.69) is 14.7 Å². The molecule has 136 valence electrons. The molecule has 2 heterocycles. The van der Waals surface area contributed by atoms with Gasteiger partial charge in [0.25, 0.3) is 0 Å². The highest BCUT2D eigenvalue weighted by atomic mass is 32.2. The molecule has 26 heavy (non-hydrogen) atoms. The molecule has 0 bridgehead atoms. The van der Waals surface area contributed by atoms with Crippen LogP contribution in [0.1, 0.15) is 11.3 Å². The highest BCUT2D eigenvalue weighted by Gasteiger charge is 2.15. The van der Waals surface area contributed by atoms with Crippen LogP contribution < -0.4 is 9.46 Å². The first-order valence-electron chi connectivity index (χ1n) is 8.00. The predicted molar refractivity (Wildman–Crippen MR) is 102 cm³/mol. The molecule has 3 rings (SSSR count). The van der Waals surface area contributed by atoms with Crippen LogP contribution in [0, 0.1) is 6.92 Å². The summed E-state index contributed by atoms with van der Waals surface area (Å²) in [4.78, 5) is 9.01. The lowest BCUT2D eigenvalue weighted by Crippen LogP contribution is -2.26. The van der Waals surface area contributed by atoms with Crippen LogP contribution in [-0.2, 0) is 16.4 Å². The van der Waals surface area contributed by atoms with E-state index in [1.165, 1.54) is 17.4 Å². The van der Waals surface area contributed by atoms with Gasteiger partial charge in [0.15, 0.2) is 0 Å². The Hall–Kier alpha value is -2.29. The van der Waals surface area contributed by atoms with E-state index in [0.717, 1.165) is 22.0 Å². The zero-order valence-corrected chi connectivity index (χ0v) is 16.1. The van der Waals surface area contributed by atoms with Crippen LogP contribution in [0.4, 0.5) is 0 Å². The van der Waals surface area contributed by atoms with Gasteiger partial charge in [-0.25, -0.2) is 18.1 Å². The van der Waals surface area contributed by atoms with Crippen molar-refractivity contribution in [3.05, 3.63) is 59.2 Å². The highest BCUT2D eigenvalue weighted by Crippen LogP contribution is 2.22. The Labute approximate surface area is 157 Å². The minimum absolute atomic E-state index is 0.225. The summed E-state index contributed by atoms with van der Waals surface area (Å²) in [5, 5.41) is 2.75. The second kappa shape index (κ2) is 7.94. The molecule has 8 heteroatoms. The van der Waals surface area contributed by atoms with Gasteiger partial charge < -0.3 is 4.74 Å². The molecule has 0 saturated carbocycles. The third kappa shape index (κ3) is 4.27. The number of ether oxygens (including phenoxy) is 1. The Bertz CT molecular complexity index is 986. The van der Waals surface area contributed by atoms with E-state index in [1.54, 1.807) is 25.4 Å². The first-order chi connectivity index (χ1) is 12.5. The number of nitrogens with zero attached hydrogens (tertiary/aromatic N) is 2. The molecule has 0 unspecified atom stereocenters. The molecule has 0 spiro atoms. The third-order valence-corrected chi connectivity index (χ3v) is 6.16. The van der Waals surface area contributed by atoms with Gasteiger partial charge in [-0.3, -0.25) is 4.98 Å². The van der Waals surface area contributed by atoms with Gasteiger partial charge in [-0.2, -0.15) is 0 Å². The molecule has 0 aliphatic carbocycles. The number of hydrogen-bond acceptors (Lipinski definition) is 6. The number of methoxy groups -OCH3 is 1. The van der Waals surface area contributed by atoms with E-state index >= 15 is 0 Å². The van der Waals surface area contributed by atoms with Crippen molar-refractivity contribution in [2.45, 2.75) is 18.2 Å². The fourth-order valence-electron chi connectivity index (χ4n) is 2.44. The lowest BCUT2D eigenvalue weighted by Gasteiger charge is -2.09. The van der Waals surface area contributed by atoms with E-state index in [0.29, 0.717) is 12.2 Å². The van der Waals surface area contributed by atoms with Crippen LogP contribution in [0.5, 0.6) is 5.75 Å². The van der Waals surface area contributed by atoms with Gasteiger partial charge in [0.2, 0.25) is 10.0 Å². The first kappa shape index (κ1) is 18.5. The summed E-state index contributed by atoms with van der Waals surface area (Å²) in [6.07, 6.45) is 2.24. The van der Waals surface area contributed by atoms with Crippen molar-refractivity contribution in [1.82, 2.24) is 14.7 Å². The summed E-state index contributed by atoms with van der Waals surface area (Å²) < 4.78 is 32.6. The summed E-state index contributed by atoms with van der Waals surface area (Å²) >= 11 is 1.50. The zero-order chi connectivity index (χ0) is 18.6. The number of benzene rings is 1. The third-order valence-electron chi connectivity index (χ3n) is 3.79. The minimum atomic E-state index is -3.57. The number of nitrogens with one attached hydrogen (secondary N) is 1. The summed E-state index contributed by atoms with van der Waals surface area (Å²) in [5.41, 5.74) is 2.43. The average molecular weight is 390 g/mol. The zero-order valence-electron chi connectivity index (χ0n) is 14.5. The van der Waals surface area contributed by atoms with Crippen molar-refractivity contribution in [3.8, 4) is 16.5 Å². The molecular formula is C18H19N3O3S2. The first-order valence-corrected chi connectivity index (χ1v) is 10.4. The Morgan fingerprint density at radius 3 is 2.77 bits per heavy atom. The molecule has 0 aliphatic heterocycles. The van der Waals surface area contributed by atoms with Crippen LogP contribution in [-0.4, -0.2) is 32.0 Å². The maximum atomic E-state index is 12.4. The van der Waals surface area contributed by atoms with Crippen LogP contribution >= 0.6 is 11.3 Å². The van der Waals surface area contributed by atoms with Crippen LogP contribution in [0.3, 0.4) is 0 Å². The maximum Gasteiger partial charge on any atom is 0.240 e. The molecule has 3 aromatic rings.